The Morgan fingerprint density at radius 3 is 2.60 bits per heavy atom. The molecule has 0 saturated heterocycles. The Balaban J connectivity index is 1.65. The number of thioether (sulfide) groups is 1. The lowest BCUT2D eigenvalue weighted by atomic mass is 9.69. The number of hydrogen-bond donors (Lipinski definition) is 2. The largest absolute Gasteiger partial charge is 0.352 e. The average molecular weight is 506 g/mol. The summed E-state index contributed by atoms with van der Waals surface area (Å²) in [5, 5.41) is 17.7. The van der Waals surface area contributed by atoms with E-state index in [9.17, 15) is 14.9 Å². The lowest BCUT2D eigenvalue weighted by molar-refractivity contribution is -0.118. The molecule has 0 spiro atoms. The van der Waals surface area contributed by atoms with Gasteiger partial charge in [0.2, 0.25) is 5.91 Å². The van der Waals surface area contributed by atoms with E-state index in [1.165, 1.54) is 11.8 Å². The molecule has 1 heterocycles. The molecule has 7 heteroatoms. The van der Waals surface area contributed by atoms with Crippen LogP contribution in [-0.4, -0.2) is 17.4 Å². The molecular weight excluding hydrogens is 478 g/mol. The number of amides is 1. The van der Waals surface area contributed by atoms with Gasteiger partial charge in [0.05, 0.1) is 28.3 Å². The normalized spacial score (nSPS) is 19.1. The molecule has 2 aromatic rings. The van der Waals surface area contributed by atoms with Gasteiger partial charge in [-0.05, 0) is 60.6 Å². The highest BCUT2D eigenvalue weighted by Gasteiger charge is 2.41. The zero-order valence-corrected chi connectivity index (χ0v) is 21.9. The zero-order chi connectivity index (χ0) is 25.3. The molecular formula is C28H28ClN3O2S. The van der Waals surface area contributed by atoms with Crippen molar-refractivity contribution in [2.75, 3.05) is 11.1 Å². The highest BCUT2D eigenvalue weighted by atomic mass is 35.5. The SMILES string of the molecule is Cc1cccc(NC(=O)CSC2=C(C#N)[C@@H](c3ccc(Cl)cc3)C3=C(CC(C)(C)CC3=O)N2)c1C. The predicted octanol–water partition coefficient (Wildman–Crippen LogP) is 6.39. The molecule has 180 valence electrons. The number of anilines is 1. The van der Waals surface area contributed by atoms with Gasteiger partial charge in [-0.3, -0.25) is 9.59 Å². The minimum Gasteiger partial charge on any atom is -0.352 e. The summed E-state index contributed by atoms with van der Waals surface area (Å²) in [5.41, 5.74) is 5.50. The minimum atomic E-state index is -0.485. The van der Waals surface area contributed by atoms with Gasteiger partial charge in [0.1, 0.15) is 0 Å². The van der Waals surface area contributed by atoms with Gasteiger partial charge in [0.25, 0.3) is 0 Å². The molecule has 0 saturated carbocycles. The smallest absolute Gasteiger partial charge is 0.234 e. The second-order valence-corrected chi connectivity index (χ2v) is 11.3. The molecule has 0 bridgehead atoms. The van der Waals surface area contributed by atoms with Crippen LogP contribution in [0.25, 0.3) is 0 Å². The second-order valence-electron chi connectivity index (χ2n) is 9.88. The van der Waals surface area contributed by atoms with Crippen LogP contribution in [-0.2, 0) is 9.59 Å². The van der Waals surface area contributed by atoms with Crippen LogP contribution < -0.4 is 10.6 Å². The number of carbonyl (C=O) groups excluding carboxylic acids is 2. The first-order valence-electron chi connectivity index (χ1n) is 11.5. The van der Waals surface area contributed by atoms with Gasteiger partial charge in [-0.25, -0.2) is 0 Å². The van der Waals surface area contributed by atoms with Crippen molar-refractivity contribution in [1.29, 1.82) is 5.26 Å². The summed E-state index contributed by atoms with van der Waals surface area (Å²) >= 11 is 7.40. The van der Waals surface area contributed by atoms with E-state index in [4.69, 9.17) is 11.6 Å². The first kappa shape index (κ1) is 25.1. The Kier molecular flexibility index (Phi) is 7.12. The summed E-state index contributed by atoms with van der Waals surface area (Å²) < 4.78 is 0. The number of nitrogens with one attached hydrogen (secondary N) is 2. The number of aryl methyl sites for hydroxylation is 1. The minimum absolute atomic E-state index is 0.0492. The van der Waals surface area contributed by atoms with Gasteiger partial charge < -0.3 is 10.6 Å². The van der Waals surface area contributed by atoms with Gasteiger partial charge in [-0.1, -0.05) is 61.5 Å². The fraction of sp³-hybridized carbons (Fsp3) is 0.321. The van der Waals surface area contributed by atoms with Crippen LogP contribution in [0.2, 0.25) is 5.02 Å². The van der Waals surface area contributed by atoms with Crippen molar-refractivity contribution in [3.8, 4) is 6.07 Å². The summed E-state index contributed by atoms with van der Waals surface area (Å²) in [5.74, 6) is -0.457. The van der Waals surface area contributed by atoms with E-state index in [0.29, 0.717) is 34.0 Å². The number of benzene rings is 2. The first-order valence-corrected chi connectivity index (χ1v) is 12.9. The number of carbonyl (C=O) groups is 2. The van der Waals surface area contributed by atoms with E-state index in [-0.39, 0.29) is 22.9 Å². The molecule has 1 atom stereocenters. The number of halogens is 1. The maximum absolute atomic E-state index is 13.3. The van der Waals surface area contributed by atoms with Crippen LogP contribution in [0.15, 0.2) is 64.3 Å². The Labute approximate surface area is 215 Å². The first-order chi connectivity index (χ1) is 16.6. The molecule has 5 nitrogen and oxygen atoms in total. The number of ketones is 1. The molecule has 1 amide bonds. The number of nitriles is 1. The summed E-state index contributed by atoms with van der Waals surface area (Å²) in [6.07, 6.45) is 1.12. The van der Waals surface area contributed by atoms with Crippen LogP contribution in [0.3, 0.4) is 0 Å². The van der Waals surface area contributed by atoms with Crippen LogP contribution in [0, 0.1) is 30.6 Å². The third-order valence-electron chi connectivity index (χ3n) is 6.56. The van der Waals surface area contributed by atoms with Crippen molar-refractivity contribution < 1.29 is 9.59 Å². The Morgan fingerprint density at radius 2 is 1.91 bits per heavy atom. The second kappa shape index (κ2) is 9.93. The van der Waals surface area contributed by atoms with E-state index < -0.39 is 5.92 Å². The maximum Gasteiger partial charge on any atom is 0.234 e. The molecule has 0 fully saturated rings. The van der Waals surface area contributed by atoms with Crippen LogP contribution in [0.5, 0.6) is 0 Å². The van der Waals surface area contributed by atoms with Gasteiger partial charge in [-0.2, -0.15) is 5.26 Å². The molecule has 35 heavy (non-hydrogen) atoms. The van der Waals surface area contributed by atoms with Crippen LogP contribution >= 0.6 is 23.4 Å². The molecule has 1 aliphatic carbocycles. The topological polar surface area (TPSA) is 82.0 Å². The van der Waals surface area contributed by atoms with E-state index in [2.05, 4.69) is 30.6 Å². The average Bonchev–Trinajstić information content (AvgIpc) is 2.79. The highest BCUT2D eigenvalue weighted by molar-refractivity contribution is 8.03. The van der Waals surface area contributed by atoms with Crippen molar-refractivity contribution in [3.63, 3.8) is 0 Å². The van der Waals surface area contributed by atoms with Crippen molar-refractivity contribution in [3.05, 3.63) is 86.0 Å². The number of nitrogens with zero attached hydrogens (tertiary/aromatic N) is 1. The number of dihydropyridines is 1. The van der Waals surface area contributed by atoms with E-state index >= 15 is 0 Å². The van der Waals surface area contributed by atoms with Gasteiger partial charge in [-0.15, -0.1) is 0 Å². The molecule has 0 radical (unpaired) electrons. The molecule has 2 aromatic carbocycles. The molecule has 2 aliphatic rings. The zero-order valence-electron chi connectivity index (χ0n) is 20.3. The van der Waals surface area contributed by atoms with Crippen molar-refractivity contribution in [2.24, 2.45) is 5.41 Å². The highest BCUT2D eigenvalue weighted by Crippen LogP contribution is 2.47. The van der Waals surface area contributed by atoms with Crippen LogP contribution in [0.1, 0.15) is 49.3 Å². The molecule has 2 N–H and O–H groups in total. The third kappa shape index (κ3) is 5.32. The summed E-state index contributed by atoms with van der Waals surface area (Å²) in [6.45, 7) is 8.12. The molecule has 0 unspecified atom stereocenters. The summed E-state index contributed by atoms with van der Waals surface area (Å²) in [7, 11) is 0. The number of rotatable bonds is 5. The Morgan fingerprint density at radius 1 is 1.20 bits per heavy atom. The Hall–Kier alpha value is -3.01. The third-order valence-corrected chi connectivity index (χ3v) is 7.83. The molecule has 0 aromatic heterocycles. The van der Waals surface area contributed by atoms with E-state index in [0.717, 1.165) is 28.1 Å². The van der Waals surface area contributed by atoms with Crippen molar-refractivity contribution in [2.45, 2.75) is 46.5 Å². The van der Waals surface area contributed by atoms with Gasteiger partial charge in [0, 0.05) is 28.4 Å². The fourth-order valence-electron chi connectivity index (χ4n) is 4.69. The predicted molar refractivity (Wildman–Crippen MR) is 142 cm³/mol. The number of hydrogen-bond acceptors (Lipinski definition) is 5. The molecule has 1 aliphatic heterocycles. The van der Waals surface area contributed by atoms with Gasteiger partial charge in [0.15, 0.2) is 5.78 Å². The van der Waals surface area contributed by atoms with Crippen molar-refractivity contribution in [1.82, 2.24) is 5.32 Å². The lowest BCUT2D eigenvalue weighted by Crippen LogP contribution is -2.37. The molecule has 4 rings (SSSR count). The summed E-state index contributed by atoms with van der Waals surface area (Å²) in [4.78, 5) is 26.1. The number of allylic oxidation sites excluding steroid dienone is 3. The number of Topliss-reactive ketones (excluding diaryl/α,β-unsaturated/α-hetero) is 1. The fourth-order valence-corrected chi connectivity index (χ4v) is 5.68. The van der Waals surface area contributed by atoms with Crippen molar-refractivity contribution >= 4 is 40.7 Å². The van der Waals surface area contributed by atoms with E-state index in [1.807, 2.05) is 44.2 Å². The van der Waals surface area contributed by atoms with E-state index in [1.54, 1.807) is 12.1 Å². The quantitative estimate of drug-likeness (QED) is 0.491. The summed E-state index contributed by atoms with van der Waals surface area (Å²) in [6, 6.07) is 15.4. The van der Waals surface area contributed by atoms with Gasteiger partial charge >= 0.3 is 0 Å². The van der Waals surface area contributed by atoms with Crippen LogP contribution in [0.4, 0.5) is 5.69 Å². The monoisotopic (exact) mass is 505 g/mol. The standard InChI is InChI=1S/C28H28ClN3O2S/c1-16-6-5-7-21(17(16)2)31-24(34)15-35-27-20(14-30)25(18-8-10-19(29)11-9-18)26-22(32-27)12-28(3,4)13-23(26)33/h5-11,25,32H,12-13,15H2,1-4H3,(H,31,34)/t25-/m1/s1. The Bertz CT molecular complexity index is 1300. The maximum atomic E-state index is 13.3. The lowest BCUT2D eigenvalue weighted by Gasteiger charge is -2.39.